The van der Waals surface area contributed by atoms with Crippen molar-refractivity contribution in [3.05, 3.63) is 65.7 Å². The lowest BCUT2D eigenvalue weighted by Gasteiger charge is -2.47. The zero-order valence-corrected chi connectivity index (χ0v) is 15.7. The highest BCUT2D eigenvalue weighted by molar-refractivity contribution is 5.76. The number of piperidine rings is 1. The Morgan fingerprint density at radius 1 is 1.14 bits per heavy atom. The molecule has 2 amide bonds. The van der Waals surface area contributed by atoms with Crippen LogP contribution in [0.4, 0.5) is 9.18 Å². The molecule has 0 saturated carbocycles. The van der Waals surface area contributed by atoms with Gasteiger partial charge < -0.3 is 15.3 Å². The van der Waals surface area contributed by atoms with Crippen LogP contribution in [0.5, 0.6) is 0 Å². The first kappa shape index (κ1) is 18.8. The second-order valence-corrected chi connectivity index (χ2v) is 7.75. The van der Waals surface area contributed by atoms with Gasteiger partial charge in [0.25, 0.3) is 0 Å². The number of β-amino-alcohol motifs (C(OH)–C–C–N with tert-alkyl or cyclic N) is 1. The number of aromatic nitrogens is 1. The standard InChI is InChI=1S/C21H25FN4O2/c22-18-3-1-17(2-4-18)21(28)14-26(15-21)20(27)24-19-7-11-25(12-8-19)13-16-5-9-23-10-6-16/h1-6,9-10,19,28H,7-8,11-15H2,(H,24,27). The molecule has 4 rings (SSSR count). The maximum absolute atomic E-state index is 13.0. The number of carbonyl (C=O) groups excluding carboxylic acids is 1. The quantitative estimate of drug-likeness (QED) is 0.847. The predicted octanol–water partition coefficient (Wildman–Crippen LogP) is 2.10. The van der Waals surface area contributed by atoms with E-state index in [1.165, 1.54) is 17.7 Å². The molecule has 0 spiro atoms. The van der Waals surface area contributed by atoms with Gasteiger partial charge in [0.15, 0.2) is 0 Å². The van der Waals surface area contributed by atoms with Crippen molar-refractivity contribution in [2.45, 2.75) is 31.0 Å². The van der Waals surface area contributed by atoms with E-state index in [4.69, 9.17) is 0 Å². The van der Waals surface area contributed by atoms with Gasteiger partial charge in [0.05, 0.1) is 13.1 Å². The van der Waals surface area contributed by atoms with E-state index in [2.05, 4.69) is 15.2 Å². The first-order valence-corrected chi connectivity index (χ1v) is 9.67. The molecule has 2 aliphatic heterocycles. The van der Waals surface area contributed by atoms with Crippen LogP contribution in [0, 0.1) is 5.82 Å². The van der Waals surface area contributed by atoms with Crippen molar-refractivity contribution in [3.8, 4) is 0 Å². The van der Waals surface area contributed by atoms with Crippen LogP contribution in [0.25, 0.3) is 0 Å². The lowest BCUT2D eigenvalue weighted by Crippen LogP contribution is -2.64. The number of rotatable bonds is 4. The average Bonchev–Trinajstić information content (AvgIpc) is 2.68. The van der Waals surface area contributed by atoms with Crippen molar-refractivity contribution < 1.29 is 14.3 Å². The third-order valence-electron chi connectivity index (χ3n) is 5.64. The van der Waals surface area contributed by atoms with Gasteiger partial charge >= 0.3 is 6.03 Å². The number of hydrogen-bond acceptors (Lipinski definition) is 4. The van der Waals surface area contributed by atoms with Crippen LogP contribution in [0.2, 0.25) is 0 Å². The Balaban J connectivity index is 1.22. The van der Waals surface area contributed by atoms with E-state index in [1.54, 1.807) is 17.0 Å². The first-order chi connectivity index (χ1) is 13.5. The van der Waals surface area contributed by atoms with E-state index in [-0.39, 0.29) is 31.0 Å². The molecule has 0 aliphatic carbocycles. The number of carbonyl (C=O) groups is 1. The van der Waals surface area contributed by atoms with E-state index in [0.29, 0.717) is 5.56 Å². The van der Waals surface area contributed by atoms with Gasteiger partial charge in [-0.1, -0.05) is 12.1 Å². The minimum Gasteiger partial charge on any atom is -0.381 e. The second-order valence-electron chi connectivity index (χ2n) is 7.75. The van der Waals surface area contributed by atoms with Crippen LogP contribution in [0.3, 0.4) is 0 Å². The molecule has 1 aromatic carbocycles. The molecule has 0 bridgehead atoms. The highest BCUT2D eigenvalue weighted by Crippen LogP contribution is 2.32. The normalized spacial score (nSPS) is 19.9. The lowest BCUT2D eigenvalue weighted by atomic mass is 9.86. The van der Waals surface area contributed by atoms with Crippen LogP contribution in [-0.2, 0) is 12.1 Å². The van der Waals surface area contributed by atoms with E-state index >= 15 is 0 Å². The summed E-state index contributed by atoms with van der Waals surface area (Å²) in [5.41, 5.74) is 0.805. The van der Waals surface area contributed by atoms with Crippen LogP contribution < -0.4 is 5.32 Å². The molecule has 148 valence electrons. The average molecular weight is 384 g/mol. The fraction of sp³-hybridized carbons (Fsp3) is 0.429. The lowest BCUT2D eigenvalue weighted by molar-refractivity contribution is -0.0821. The van der Waals surface area contributed by atoms with Gasteiger partial charge in [0.1, 0.15) is 11.4 Å². The van der Waals surface area contributed by atoms with Gasteiger partial charge in [0.2, 0.25) is 0 Å². The van der Waals surface area contributed by atoms with Crippen LogP contribution in [0.15, 0.2) is 48.8 Å². The maximum Gasteiger partial charge on any atom is 0.317 e. The second kappa shape index (κ2) is 7.85. The summed E-state index contributed by atoms with van der Waals surface area (Å²) in [5.74, 6) is -0.337. The highest BCUT2D eigenvalue weighted by Gasteiger charge is 2.45. The van der Waals surface area contributed by atoms with Gasteiger partial charge in [-0.25, -0.2) is 9.18 Å². The Morgan fingerprint density at radius 3 is 2.43 bits per heavy atom. The minimum absolute atomic E-state index is 0.139. The van der Waals surface area contributed by atoms with Crippen LogP contribution >= 0.6 is 0 Å². The van der Waals surface area contributed by atoms with E-state index < -0.39 is 5.60 Å². The largest absolute Gasteiger partial charge is 0.381 e. The van der Waals surface area contributed by atoms with Crippen LogP contribution in [0.1, 0.15) is 24.0 Å². The molecule has 2 N–H and O–H groups in total. The summed E-state index contributed by atoms with van der Waals surface area (Å²) in [6, 6.07) is 9.87. The van der Waals surface area contributed by atoms with Crippen molar-refractivity contribution in [2.75, 3.05) is 26.2 Å². The Kier molecular flexibility index (Phi) is 5.28. The van der Waals surface area contributed by atoms with Gasteiger partial charge in [-0.15, -0.1) is 0 Å². The third-order valence-corrected chi connectivity index (χ3v) is 5.64. The van der Waals surface area contributed by atoms with Crippen molar-refractivity contribution in [1.29, 1.82) is 0 Å². The third kappa shape index (κ3) is 4.15. The summed E-state index contributed by atoms with van der Waals surface area (Å²) in [4.78, 5) is 20.5. The zero-order valence-electron chi connectivity index (χ0n) is 15.7. The smallest absolute Gasteiger partial charge is 0.317 e. The number of benzene rings is 1. The summed E-state index contributed by atoms with van der Waals surface area (Å²) in [5, 5.41) is 13.7. The summed E-state index contributed by atoms with van der Waals surface area (Å²) in [6.07, 6.45) is 5.44. The highest BCUT2D eigenvalue weighted by atomic mass is 19.1. The predicted molar refractivity (Wildman–Crippen MR) is 103 cm³/mol. The van der Waals surface area contributed by atoms with Gasteiger partial charge in [-0.2, -0.15) is 0 Å². The van der Waals surface area contributed by atoms with Crippen molar-refractivity contribution >= 4 is 6.03 Å². The topological polar surface area (TPSA) is 68.7 Å². The summed E-state index contributed by atoms with van der Waals surface area (Å²) < 4.78 is 13.0. The summed E-state index contributed by atoms with van der Waals surface area (Å²) >= 11 is 0. The molecule has 3 heterocycles. The molecule has 0 radical (unpaired) electrons. The molecule has 7 heteroatoms. The number of halogens is 1. The number of pyridine rings is 1. The molecule has 2 saturated heterocycles. The molecular formula is C21H25FN4O2. The molecular weight excluding hydrogens is 359 g/mol. The molecule has 1 aromatic heterocycles. The molecule has 2 fully saturated rings. The Bertz CT molecular complexity index is 801. The fourth-order valence-electron chi connectivity index (χ4n) is 3.92. The number of urea groups is 1. The van der Waals surface area contributed by atoms with Crippen molar-refractivity contribution in [2.24, 2.45) is 0 Å². The number of likely N-dealkylation sites (tertiary alicyclic amines) is 2. The number of hydrogen-bond donors (Lipinski definition) is 2. The number of nitrogens with one attached hydrogen (secondary N) is 1. The number of amides is 2. The summed E-state index contributed by atoms with van der Waals surface area (Å²) in [6.45, 7) is 3.23. The van der Waals surface area contributed by atoms with Gasteiger partial charge in [-0.3, -0.25) is 9.88 Å². The van der Waals surface area contributed by atoms with E-state index in [0.717, 1.165) is 32.5 Å². The number of nitrogens with zero attached hydrogens (tertiary/aromatic N) is 3. The minimum atomic E-state index is -1.08. The van der Waals surface area contributed by atoms with E-state index in [1.807, 2.05) is 24.5 Å². The molecule has 2 aliphatic rings. The first-order valence-electron chi connectivity index (χ1n) is 9.67. The van der Waals surface area contributed by atoms with E-state index in [9.17, 15) is 14.3 Å². The van der Waals surface area contributed by atoms with Crippen LogP contribution in [-0.4, -0.2) is 58.1 Å². The monoisotopic (exact) mass is 384 g/mol. The van der Waals surface area contributed by atoms with Crippen molar-refractivity contribution in [1.82, 2.24) is 20.1 Å². The Labute approximate surface area is 164 Å². The van der Waals surface area contributed by atoms with Gasteiger partial charge in [-0.05, 0) is 48.2 Å². The zero-order chi connectivity index (χ0) is 19.6. The van der Waals surface area contributed by atoms with Crippen molar-refractivity contribution in [3.63, 3.8) is 0 Å². The molecule has 6 nitrogen and oxygen atoms in total. The molecule has 2 aromatic rings. The maximum atomic E-state index is 13.0. The van der Waals surface area contributed by atoms with Gasteiger partial charge in [0, 0.05) is 38.1 Å². The molecule has 0 atom stereocenters. The number of aliphatic hydroxyl groups is 1. The Hall–Kier alpha value is -2.51. The molecule has 28 heavy (non-hydrogen) atoms. The SMILES string of the molecule is O=C(NC1CCN(Cc2ccncc2)CC1)N1CC(O)(c2ccc(F)cc2)C1. The fourth-order valence-corrected chi connectivity index (χ4v) is 3.92. The molecule has 0 unspecified atom stereocenters. The Morgan fingerprint density at radius 2 is 1.79 bits per heavy atom. The summed E-state index contributed by atoms with van der Waals surface area (Å²) in [7, 11) is 0.